The van der Waals surface area contributed by atoms with Gasteiger partial charge in [0.15, 0.2) is 6.61 Å². The molecule has 0 bridgehead atoms. The standard InChI is InChI=1S/C20H25N3O3.ClH/c1-14-4-3-5-17(12-14)23-19(24)13-26-18-8-6-16(7-9-18)10-11-22-20(25)15(2)21;/h3-9,12,15H,10-11,13,21H2,1-2H3,(H,22,25)(H,23,24);1H/t15-;/m1./s1. The number of ether oxygens (including phenoxy) is 1. The van der Waals surface area contributed by atoms with Crippen LogP contribution in [0, 0.1) is 6.92 Å². The van der Waals surface area contributed by atoms with Crippen LogP contribution in [-0.2, 0) is 16.0 Å². The van der Waals surface area contributed by atoms with Gasteiger partial charge in [0.2, 0.25) is 5.91 Å². The molecule has 146 valence electrons. The van der Waals surface area contributed by atoms with E-state index in [1.54, 1.807) is 6.92 Å². The van der Waals surface area contributed by atoms with Gasteiger partial charge >= 0.3 is 0 Å². The molecule has 2 aromatic rings. The predicted octanol–water partition coefficient (Wildman–Crippen LogP) is 2.44. The first kappa shape index (κ1) is 22.5. The molecule has 6 nitrogen and oxygen atoms in total. The maximum atomic E-state index is 11.9. The average Bonchev–Trinajstić information content (AvgIpc) is 2.61. The Morgan fingerprint density at radius 1 is 1.15 bits per heavy atom. The normalized spacial score (nSPS) is 11.1. The van der Waals surface area contributed by atoms with Gasteiger partial charge in [0.05, 0.1) is 6.04 Å². The molecule has 0 aliphatic rings. The van der Waals surface area contributed by atoms with Crippen molar-refractivity contribution in [2.75, 3.05) is 18.5 Å². The van der Waals surface area contributed by atoms with Gasteiger partial charge in [-0.1, -0.05) is 24.3 Å². The fourth-order valence-corrected chi connectivity index (χ4v) is 2.31. The third-order valence-electron chi connectivity index (χ3n) is 3.72. The highest BCUT2D eigenvalue weighted by molar-refractivity contribution is 5.91. The molecule has 0 fully saturated rings. The lowest BCUT2D eigenvalue weighted by Crippen LogP contribution is -2.39. The highest BCUT2D eigenvalue weighted by atomic mass is 35.5. The number of benzene rings is 2. The first-order valence-corrected chi connectivity index (χ1v) is 8.55. The largest absolute Gasteiger partial charge is 0.484 e. The van der Waals surface area contributed by atoms with E-state index in [-0.39, 0.29) is 30.8 Å². The summed E-state index contributed by atoms with van der Waals surface area (Å²) in [5, 5.41) is 5.56. The molecule has 2 amide bonds. The molecular formula is C20H26ClN3O3. The van der Waals surface area contributed by atoms with E-state index in [1.165, 1.54) is 0 Å². The van der Waals surface area contributed by atoms with Crippen LogP contribution in [0.5, 0.6) is 5.75 Å². The van der Waals surface area contributed by atoms with E-state index in [4.69, 9.17) is 10.5 Å². The number of nitrogens with two attached hydrogens (primary N) is 1. The molecule has 4 N–H and O–H groups in total. The maximum absolute atomic E-state index is 11.9. The summed E-state index contributed by atoms with van der Waals surface area (Å²) in [7, 11) is 0. The number of carbonyl (C=O) groups is 2. The van der Waals surface area contributed by atoms with Crippen LogP contribution in [0.3, 0.4) is 0 Å². The molecule has 2 rings (SSSR count). The Morgan fingerprint density at radius 3 is 2.48 bits per heavy atom. The summed E-state index contributed by atoms with van der Waals surface area (Å²) in [5.41, 5.74) is 8.38. The number of aryl methyl sites for hydroxylation is 1. The maximum Gasteiger partial charge on any atom is 0.262 e. The van der Waals surface area contributed by atoms with Crippen LogP contribution in [0.25, 0.3) is 0 Å². The minimum Gasteiger partial charge on any atom is -0.484 e. The Labute approximate surface area is 165 Å². The SMILES string of the molecule is Cc1cccc(NC(=O)COc2ccc(CCNC(=O)[C@@H](C)N)cc2)c1.Cl. The summed E-state index contributed by atoms with van der Waals surface area (Å²) in [4.78, 5) is 23.3. The molecule has 0 saturated heterocycles. The molecule has 0 spiro atoms. The Hall–Kier alpha value is -2.57. The number of nitrogens with one attached hydrogen (secondary N) is 2. The van der Waals surface area contributed by atoms with Crippen molar-refractivity contribution in [2.45, 2.75) is 26.3 Å². The Kier molecular flexibility index (Phi) is 9.33. The number of rotatable bonds is 8. The number of anilines is 1. The fraction of sp³-hybridized carbons (Fsp3) is 0.300. The van der Waals surface area contributed by atoms with Crippen LogP contribution >= 0.6 is 12.4 Å². The van der Waals surface area contributed by atoms with E-state index < -0.39 is 6.04 Å². The fourth-order valence-electron chi connectivity index (χ4n) is 2.31. The van der Waals surface area contributed by atoms with Crippen molar-refractivity contribution in [3.05, 3.63) is 59.7 Å². The summed E-state index contributed by atoms with van der Waals surface area (Å²) in [5.74, 6) is 0.246. The van der Waals surface area contributed by atoms with Crippen molar-refractivity contribution in [3.63, 3.8) is 0 Å². The van der Waals surface area contributed by atoms with Crippen LogP contribution in [0.2, 0.25) is 0 Å². The highest BCUT2D eigenvalue weighted by Crippen LogP contribution is 2.13. The minimum absolute atomic E-state index is 0. The van der Waals surface area contributed by atoms with E-state index in [0.717, 1.165) is 16.8 Å². The quantitative estimate of drug-likeness (QED) is 0.644. The van der Waals surface area contributed by atoms with Gasteiger partial charge in [-0.2, -0.15) is 0 Å². The third kappa shape index (κ3) is 8.11. The van der Waals surface area contributed by atoms with E-state index in [2.05, 4.69) is 10.6 Å². The summed E-state index contributed by atoms with van der Waals surface area (Å²) >= 11 is 0. The first-order valence-electron chi connectivity index (χ1n) is 8.55. The molecule has 0 aromatic heterocycles. The van der Waals surface area contributed by atoms with Crippen LogP contribution in [0.15, 0.2) is 48.5 Å². The lowest BCUT2D eigenvalue weighted by Gasteiger charge is -2.10. The monoisotopic (exact) mass is 391 g/mol. The molecule has 0 aliphatic heterocycles. The summed E-state index contributed by atoms with van der Waals surface area (Å²) < 4.78 is 5.50. The van der Waals surface area contributed by atoms with Crippen molar-refractivity contribution >= 4 is 29.9 Å². The zero-order valence-electron chi connectivity index (χ0n) is 15.5. The lowest BCUT2D eigenvalue weighted by atomic mass is 10.1. The van der Waals surface area contributed by atoms with E-state index in [9.17, 15) is 9.59 Å². The lowest BCUT2D eigenvalue weighted by molar-refractivity contribution is -0.122. The van der Waals surface area contributed by atoms with E-state index in [0.29, 0.717) is 18.7 Å². The van der Waals surface area contributed by atoms with Gasteiger partial charge in [0.1, 0.15) is 5.75 Å². The molecule has 0 saturated carbocycles. The molecule has 2 aromatic carbocycles. The molecular weight excluding hydrogens is 366 g/mol. The second-order valence-electron chi connectivity index (χ2n) is 6.18. The molecule has 0 radical (unpaired) electrons. The first-order chi connectivity index (χ1) is 12.4. The average molecular weight is 392 g/mol. The van der Waals surface area contributed by atoms with Crippen LogP contribution in [0.1, 0.15) is 18.1 Å². The van der Waals surface area contributed by atoms with Crippen molar-refractivity contribution in [1.29, 1.82) is 0 Å². The molecule has 1 atom stereocenters. The smallest absolute Gasteiger partial charge is 0.262 e. The third-order valence-corrected chi connectivity index (χ3v) is 3.72. The predicted molar refractivity (Wildman–Crippen MR) is 109 cm³/mol. The van der Waals surface area contributed by atoms with E-state index in [1.807, 2.05) is 55.5 Å². The van der Waals surface area contributed by atoms with Crippen molar-refractivity contribution in [2.24, 2.45) is 5.73 Å². The van der Waals surface area contributed by atoms with Crippen LogP contribution in [-0.4, -0.2) is 31.0 Å². The second-order valence-corrected chi connectivity index (χ2v) is 6.18. The Balaban J connectivity index is 0.00000364. The zero-order valence-corrected chi connectivity index (χ0v) is 16.3. The number of hydrogen-bond acceptors (Lipinski definition) is 4. The Morgan fingerprint density at radius 2 is 1.85 bits per heavy atom. The number of carbonyl (C=O) groups excluding carboxylic acids is 2. The highest BCUT2D eigenvalue weighted by Gasteiger charge is 2.06. The van der Waals surface area contributed by atoms with Crippen molar-refractivity contribution in [1.82, 2.24) is 5.32 Å². The molecule has 0 aliphatic carbocycles. The molecule has 0 unspecified atom stereocenters. The van der Waals surface area contributed by atoms with Crippen molar-refractivity contribution in [3.8, 4) is 5.75 Å². The summed E-state index contributed by atoms with van der Waals surface area (Å²) in [6, 6.07) is 14.5. The number of halogens is 1. The number of hydrogen-bond donors (Lipinski definition) is 3. The summed E-state index contributed by atoms with van der Waals surface area (Å²) in [6.07, 6.45) is 0.701. The van der Waals surface area contributed by atoms with Crippen molar-refractivity contribution < 1.29 is 14.3 Å². The Bertz CT molecular complexity index is 748. The second kappa shape index (κ2) is 11.2. The van der Waals surface area contributed by atoms with Gasteiger partial charge in [0.25, 0.3) is 5.91 Å². The van der Waals surface area contributed by atoms with Gasteiger partial charge < -0.3 is 21.1 Å². The van der Waals surface area contributed by atoms with Gasteiger partial charge in [-0.25, -0.2) is 0 Å². The topological polar surface area (TPSA) is 93.5 Å². The zero-order chi connectivity index (χ0) is 18.9. The molecule has 7 heteroatoms. The van der Waals surface area contributed by atoms with E-state index >= 15 is 0 Å². The van der Waals surface area contributed by atoms with Crippen LogP contribution in [0.4, 0.5) is 5.69 Å². The van der Waals surface area contributed by atoms with Gasteiger partial charge in [0, 0.05) is 12.2 Å². The van der Waals surface area contributed by atoms with Crippen LogP contribution < -0.4 is 21.1 Å². The van der Waals surface area contributed by atoms with Gasteiger partial charge in [-0.05, 0) is 55.7 Å². The van der Waals surface area contributed by atoms with Gasteiger partial charge in [-0.15, -0.1) is 12.4 Å². The molecule has 0 heterocycles. The van der Waals surface area contributed by atoms with Gasteiger partial charge in [-0.3, -0.25) is 9.59 Å². The summed E-state index contributed by atoms with van der Waals surface area (Å²) in [6.45, 7) is 4.09. The minimum atomic E-state index is -0.503. The molecule has 27 heavy (non-hydrogen) atoms. The number of amides is 2.